The van der Waals surface area contributed by atoms with Crippen LogP contribution in [0.15, 0.2) is 30.5 Å². The number of fused-ring (bicyclic) bond motifs is 8. The van der Waals surface area contributed by atoms with Gasteiger partial charge in [-0.2, -0.15) is 0 Å². The number of halogens is 1. The number of imide groups is 1. The third-order valence-electron chi connectivity index (χ3n) is 9.04. The molecule has 0 bridgehead atoms. The molecule has 0 saturated carbocycles. The normalized spacial score (nSPS) is 15.3. The Balaban J connectivity index is 1.86. The van der Waals surface area contributed by atoms with Crippen molar-refractivity contribution in [3.63, 3.8) is 0 Å². The van der Waals surface area contributed by atoms with Gasteiger partial charge in [-0.1, -0.05) is 54.6 Å². The maximum atomic E-state index is 14.5. The molecule has 0 radical (unpaired) electrons. The highest BCUT2D eigenvalue weighted by Gasteiger charge is 2.52. The van der Waals surface area contributed by atoms with Crippen LogP contribution in [0.4, 0.5) is 4.39 Å². The highest BCUT2D eigenvalue weighted by atomic mass is 28.4. The maximum absolute atomic E-state index is 14.5. The molecule has 2 amide bonds. The van der Waals surface area contributed by atoms with Crippen molar-refractivity contribution in [1.82, 2.24) is 14.5 Å². The highest BCUT2D eigenvalue weighted by Crippen LogP contribution is 2.47. The minimum atomic E-state index is -2.60. The first-order chi connectivity index (χ1) is 17.4. The van der Waals surface area contributed by atoms with Crippen LogP contribution < -0.4 is 4.43 Å². The van der Waals surface area contributed by atoms with Crippen molar-refractivity contribution >= 4 is 61.1 Å². The predicted octanol–water partition coefficient (Wildman–Crippen LogP) is 7.99. The smallest absolute Gasteiger partial charge is 0.254 e. The first-order valence-electron chi connectivity index (χ1n) is 13.0. The molecule has 0 unspecified atom stereocenters. The van der Waals surface area contributed by atoms with Gasteiger partial charge in [0.1, 0.15) is 11.6 Å². The van der Waals surface area contributed by atoms with Crippen LogP contribution in [0.2, 0.25) is 36.3 Å². The van der Waals surface area contributed by atoms with Crippen molar-refractivity contribution in [2.45, 2.75) is 77.8 Å². The minimum Gasteiger partial charge on any atom is -0.543 e. The number of carbonyl (C=O) groups is 2. The summed E-state index contributed by atoms with van der Waals surface area (Å²) in [4.78, 5) is 36.1. The lowest BCUT2D eigenvalue weighted by molar-refractivity contribution is 0.0747. The second kappa shape index (κ2) is 7.98. The molecule has 5 rings (SSSR count). The molecule has 1 N–H and O–H groups in total. The third-order valence-corrected chi connectivity index (χ3v) is 18.6. The topological polar surface area (TPSA) is 75.3 Å². The summed E-state index contributed by atoms with van der Waals surface area (Å²) >= 11 is 0. The number of H-pyrrole nitrogens is 1. The van der Waals surface area contributed by atoms with Crippen LogP contribution in [-0.4, -0.2) is 42.9 Å². The molecule has 200 valence electrons. The first-order valence-corrected chi connectivity index (χ1v) is 18.9. The number of nitrogens with zero attached hydrogens (tertiary/aromatic N) is 2. The van der Waals surface area contributed by atoms with Crippen molar-refractivity contribution in [2.75, 3.05) is 0 Å². The summed E-state index contributed by atoms with van der Waals surface area (Å²) in [5.74, 6) is -0.501. The number of hydrogen-bond acceptors (Lipinski definition) is 4. The zero-order valence-electron chi connectivity index (χ0n) is 23.9. The van der Waals surface area contributed by atoms with Gasteiger partial charge in [-0.3, -0.25) is 14.6 Å². The number of hydrogen-bond donors (Lipinski definition) is 1. The van der Waals surface area contributed by atoms with E-state index in [2.05, 4.69) is 64.6 Å². The standard InChI is InChI=1S/C29H36FN3O3Si2/c1-28(2,3)37(7,8)33-26(34)22-19-13-16(30)15-31-24(19)25-21(23(22)27(33)35)18-14-17(11-12-20(18)32-25)36-38(9,10)29(4,5)6/h11-15,32H,1-10H3. The molecule has 9 heteroatoms. The number of pyridine rings is 1. The van der Waals surface area contributed by atoms with E-state index in [4.69, 9.17) is 4.43 Å². The molecular formula is C29H36FN3O3Si2. The van der Waals surface area contributed by atoms with Crippen LogP contribution in [0.25, 0.3) is 32.7 Å². The molecule has 38 heavy (non-hydrogen) atoms. The Morgan fingerprint density at radius 2 is 1.53 bits per heavy atom. The Hall–Kier alpha value is -3.05. The second-order valence-corrected chi connectivity index (χ2v) is 23.3. The Morgan fingerprint density at radius 1 is 0.895 bits per heavy atom. The number of nitrogens with one attached hydrogen (secondary N) is 1. The van der Waals surface area contributed by atoms with Crippen LogP contribution >= 0.6 is 0 Å². The van der Waals surface area contributed by atoms with Crippen LogP contribution in [0, 0.1) is 5.82 Å². The van der Waals surface area contributed by atoms with Gasteiger partial charge >= 0.3 is 0 Å². The molecule has 4 aromatic rings. The average Bonchev–Trinajstić information content (AvgIpc) is 3.26. The van der Waals surface area contributed by atoms with E-state index in [1.54, 1.807) is 0 Å². The lowest BCUT2D eigenvalue weighted by Crippen LogP contribution is -2.57. The van der Waals surface area contributed by atoms with Crippen LogP contribution in [0.3, 0.4) is 0 Å². The first kappa shape index (κ1) is 26.6. The van der Waals surface area contributed by atoms with Crippen LogP contribution in [0.1, 0.15) is 62.3 Å². The van der Waals surface area contributed by atoms with Gasteiger partial charge in [-0.05, 0) is 47.4 Å². The molecule has 0 atom stereocenters. The van der Waals surface area contributed by atoms with E-state index in [1.807, 2.05) is 31.3 Å². The predicted molar refractivity (Wildman–Crippen MR) is 157 cm³/mol. The van der Waals surface area contributed by atoms with E-state index in [0.29, 0.717) is 27.4 Å². The quantitative estimate of drug-likeness (QED) is 0.208. The van der Waals surface area contributed by atoms with Crippen molar-refractivity contribution in [1.29, 1.82) is 0 Å². The number of amides is 2. The van der Waals surface area contributed by atoms with Crippen molar-refractivity contribution in [3.8, 4) is 5.75 Å². The fourth-order valence-electron chi connectivity index (χ4n) is 4.80. The number of rotatable bonds is 3. The van der Waals surface area contributed by atoms with E-state index >= 15 is 0 Å². The van der Waals surface area contributed by atoms with Crippen molar-refractivity contribution < 1.29 is 18.4 Å². The van der Waals surface area contributed by atoms with E-state index in [0.717, 1.165) is 22.8 Å². The van der Waals surface area contributed by atoms with Gasteiger partial charge in [0.15, 0.2) is 8.24 Å². The van der Waals surface area contributed by atoms with E-state index in [-0.39, 0.29) is 27.5 Å². The van der Waals surface area contributed by atoms with Crippen molar-refractivity contribution in [3.05, 3.63) is 47.4 Å². The summed E-state index contributed by atoms with van der Waals surface area (Å²) in [5.41, 5.74) is 2.46. The summed E-state index contributed by atoms with van der Waals surface area (Å²) in [5, 5.41) is 1.54. The van der Waals surface area contributed by atoms with Crippen LogP contribution in [0.5, 0.6) is 5.75 Å². The SMILES string of the molecule is CC(C)(C)[Si](C)(C)Oc1ccc2[nH]c3c4ncc(F)cc4c4c(c3c2c1)C(=O)N([Si](C)(C)C(C)(C)C)C4=O. The second-order valence-electron chi connectivity index (χ2n) is 13.5. The Kier molecular flexibility index (Phi) is 5.58. The Morgan fingerprint density at radius 3 is 2.13 bits per heavy atom. The summed E-state index contributed by atoms with van der Waals surface area (Å²) in [6.45, 7) is 21.2. The largest absolute Gasteiger partial charge is 0.543 e. The van der Waals surface area contributed by atoms with E-state index < -0.39 is 22.4 Å². The van der Waals surface area contributed by atoms with Gasteiger partial charge in [-0.25, -0.2) is 4.39 Å². The molecule has 2 aromatic heterocycles. The van der Waals surface area contributed by atoms with Gasteiger partial charge in [0.2, 0.25) is 8.32 Å². The minimum absolute atomic E-state index is 0.0136. The molecule has 3 heterocycles. The summed E-state index contributed by atoms with van der Waals surface area (Å²) in [6, 6.07) is 7.14. The Labute approximate surface area is 224 Å². The third kappa shape index (κ3) is 3.65. The number of benzene rings is 2. The zero-order valence-corrected chi connectivity index (χ0v) is 25.9. The van der Waals surface area contributed by atoms with E-state index in [1.165, 1.54) is 10.6 Å². The van der Waals surface area contributed by atoms with Gasteiger partial charge in [0.25, 0.3) is 11.8 Å². The van der Waals surface area contributed by atoms with Crippen LogP contribution in [-0.2, 0) is 0 Å². The highest BCUT2D eigenvalue weighted by molar-refractivity contribution is 6.83. The molecule has 1 aliphatic heterocycles. The number of aromatic amines is 1. The fraction of sp³-hybridized carbons (Fsp3) is 0.414. The molecule has 0 aliphatic carbocycles. The molecule has 0 spiro atoms. The van der Waals surface area contributed by atoms with E-state index in [9.17, 15) is 14.0 Å². The fourth-order valence-corrected chi connectivity index (χ4v) is 7.74. The average molecular weight is 550 g/mol. The summed E-state index contributed by atoms with van der Waals surface area (Å²) in [6.07, 6.45) is 1.15. The lowest BCUT2D eigenvalue weighted by Gasteiger charge is -2.42. The lowest BCUT2D eigenvalue weighted by atomic mass is 9.97. The van der Waals surface area contributed by atoms with Gasteiger partial charge < -0.3 is 14.0 Å². The molecule has 0 saturated heterocycles. The number of carbonyl (C=O) groups excluding carboxylic acids is 2. The van der Waals surface area contributed by atoms with Crippen molar-refractivity contribution in [2.24, 2.45) is 0 Å². The summed E-state index contributed by atoms with van der Waals surface area (Å²) < 4.78 is 22.5. The molecule has 2 aromatic carbocycles. The molecule has 1 aliphatic rings. The molecule has 0 fully saturated rings. The monoisotopic (exact) mass is 549 g/mol. The number of aromatic nitrogens is 2. The van der Waals surface area contributed by atoms with Gasteiger partial charge in [0, 0.05) is 21.7 Å². The molecular weight excluding hydrogens is 514 g/mol. The van der Waals surface area contributed by atoms with Gasteiger partial charge in [0.05, 0.1) is 28.4 Å². The maximum Gasteiger partial charge on any atom is 0.254 e. The van der Waals surface area contributed by atoms with Gasteiger partial charge in [-0.15, -0.1) is 0 Å². The zero-order chi connectivity index (χ0) is 28.2. The summed E-state index contributed by atoms with van der Waals surface area (Å²) in [7, 11) is -4.72. The Bertz CT molecular complexity index is 1680. The molecule has 6 nitrogen and oxygen atoms in total.